The molecule has 0 unspecified atom stereocenters. The molecule has 0 atom stereocenters. The number of anilines is 1. The lowest BCUT2D eigenvalue weighted by Gasteiger charge is -2.05. The zero-order valence-corrected chi connectivity index (χ0v) is 10.3. The van der Waals surface area contributed by atoms with Gasteiger partial charge in [-0.05, 0) is 12.5 Å². The molecule has 0 aliphatic heterocycles. The summed E-state index contributed by atoms with van der Waals surface area (Å²) < 4.78 is 1.50. The van der Waals surface area contributed by atoms with Crippen LogP contribution in [-0.4, -0.2) is 14.7 Å². The molecule has 2 aromatic rings. The Balaban J connectivity index is 2.22. The van der Waals surface area contributed by atoms with E-state index in [4.69, 9.17) is 0 Å². The van der Waals surface area contributed by atoms with Crippen molar-refractivity contribution in [3.63, 3.8) is 0 Å². The quantitative estimate of drug-likeness (QED) is 0.663. The lowest BCUT2D eigenvalue weighted by molar-refractivity contribution is -0.384. The first kappa shape index (κ1) is 12.1. The number of aromatic nitrogens is 2. The van der Waals surface area contributed by atoms with E-state index in [1.807, 2.05) is 30.3 Å². The molecule has 1 aromatic carbocycles. The monoisotopic (exact) mass is 246 g/mol. The fourth-order valence-corrected chi connectivity index (χ4v) is 1.85. The molecule has 1 aromatic heterocycles. The topological polar surface area (TPSA) is 73.0 Å². The zero-order chi connectivity index (χ0) is 13.1. The van der Waals surface area contributed by atoms with E-state index in [1.165, 1.54) is 4.68 Å². The molecule has 0 bridgehead atoms. The van der Waals surface area contributed by atoms with Crippen molar-refractivity contribution in [1.29, 1.82) is 0 Å². The molecule has 6 heteroatoms. The van der Waals surface area contributed by atoms with Gasteiger partial charge in [0.15, 0.2) is 0 Å². The minimum atomic E-state index is -0.407. The molecule has 0 fully saturated rings. The number of aryl methyl sites for hydroxylation is 2. The van der Waals surface area contributed by atoms with Gasteiger partial charge in [0.25, 0.3) is 0 Å². The van der Waals surface area contributed by atoms with Crippen LogP contribution in [0.15, 0.2) is 30.3 Å². The summed E-state index contributed by atoms with van der Waals surface area (Å²) >= 11 is 0. The molecule has 94 valence electrons. The smallest absolute Gasteiger partial charge is 0.333 e. The summed E-state index contributed by atoms with van der Waals surface area (Å²) in [6.45, 7) is 2.16. The molecule has 18 heavy (non-hydrogen) atoms. The second kappa shape index (κ2) is 4.87. The van der Waals surface area contributed by atoms with Crippen molar-refractivity contribution in [1.82, 2.24) is 9.78 Å². The summed E-state index contributed by atoms with van der Waals surface area (Å²) in [6, 6.07) is 9.71. The second-order valence-electron chi connectivity index (χ2n) is 4.00. The normalized spacial score (nSPS) is 10.3. The van der Waals surface area contributed by atoms with Crippen LogP contribution in [-0.2, 0) is 13.6 Å². The Hall–Kier alpha value is -2.37. The van der Waals surface area contributed by atoms with E-state index in [1.54, 1.807) is 14.0 Å². The number of rotatable bonds is 4. The molecule has 0 aliphatic rings. The van der Waals surface area contributed by atoms with Crippen molar-refractivity contribution in [2.24, 2.45) is 7.05 Å². The van der Waals surface area contributed by atoms with Crippen molar-refractivity contribution in [2.45, 2.75) is 13.5 Å². The first-order chi connectivity index (χ1) is 8.59. The predicted octanol–water partition coefficient (Wildman–Crippen LogP) is 2.25. The maximum Gasteiger partial charge on any atom is 0.333 e. The van der Waals surface area contributed by atoms with Crippen molar-refractivity contribution < 1.29 is 4.92 Å². The van der Waals surface area contributed by atoms with Crippen molar-refractivity contribution in [2.75, 3.05) is 5.32 Å². The number of nitrogens with one attached hydrogen (secondary N) is 1. The van der Waals surface area contributed by atoms with E-state index < -0.39 is 4.92 Å². The third-order valence-electron chi connectivity index (χ3n) is 2.68. The van der Waals surface area contributed by atoms with Crippen LogP contribution in [0.3, 0.4) is 0 Å². The predicted molar refractivity (Wildman–Crippen MR) is 68.4 cm³/mol. The van der Waals surface area contributed by atoms with Crippen LogP contribution in [0.1, 0.15) is 11.3 Å². The van der Waals surface area contributed by atoms with Crippen LogP contribution >= 0.6 is 0 Å². The van der Waals surface area contributed by atoms with Gasteiger partial charge in [-0.3, -0.25) is 10.1 Å². The van der Waals surface area contributed by atoms with Crippen LogP contribution in [0.2, 0.25) is 0 Å². The second-order valence-corrected chi connectivity index (χ2v) is 4.00. The molecule has 0 spiro atoms. The van der Waals surface area contributed by atoms with Crippen LogP contribution < -0.4 is 5.32 Å². The van der Waals surface area contributed by atoms with Crippen molar-refractivity contribution in [3.05, 3.63) is 51.7 Å². The first-order valence-electron chi connectivity index (χ1n) is 5.55. The highest BCUT2D eigenvalue weighted by molar-refractivity contribution is 5.59. The van der Waals surface area contributed by atoms with Crippen LogP contribution in [0, 0.1) is 17.0 Å². The summed E-state index contributed by atoms with van der Waals surface area (Å²) in [5, 5.41) is 18.1. The summed E-state index contributed by atoms with van der Waals surface area (Å²) in [5.74, 6) is 0.432. The summed E-state index contributed by atoms with van der Waals surface area (Å²) in [6.07, 6.45) is 0. The molecule has 6 nitrogen and oxygen atoms in total. The van der Waals surface area contributed by atoms with E-state index in [2.05, 4.69) is 10.4 Å². The van der Waals surface area contributed by atoms with E-state index in [0.717, 1.165) is 5.56 Å². The molecule has 1 N–H and O–H groups in total. The van der Waals surface area contributed by atoms with E-state index in [-0.39, 0.29) is 5.69 Å². The van der Waals surface area contributed by atoms with Gasteiger partial charge in [0.05, 0.1) is 4.92 Å². The summed E-state index contributed by atoms with van der Waals surface area (Å²) in [4.78, 5) is 10.6. The highest BCUT2D eigenvalue weighted by Crippen LogP contribution is 2.27. The number of benzene rings is 1. The number of nitro groups is 1. The Morgan fingerprint density at radius 2 is 2.06 bits per heavy atom. The summed E-state index contributed by atoms with van der Waals surface area (Å²) in [5.41, 5.74) is 1.51. The maximum absolute atomic E-state index is 11.0. The highest BCUT2D eigenvalue weighted by Gasteiger charge is 2.23. The molecule has 0 radical (unpaired) electrons. The Kier molecular flexibility index (Phi) is 3.27. The molecule has 0 saturated heterocycles. The molecule has 0 amide bonds. The van der Waals surface area contributed by atoms with E-state index in [0.29, 0.717) is 18.1 Å². The number of hydrogen-bond acceptors (Lipinski definition) is 4. The van der Waals surface area contributed by atoms with Gasteiger partial charge in [-0.25, -0.2) is 4.68 Å². The maximum atomic E-state index is 11.0. The Bertz CT molecular complexity index is 563. The van der Waals surface area contributed by atoms with Gasteiger partial charge < -0.3 is 5.32 Å². The van der Waals surface area contributed by atoms with Crippen molar-refractivity contribution >= 4 is 11.5 Å². The average molecular weight is 246 g/mol. The van der Waals surface area contributed by atoms with Crippen molar-refractivity contribution in [3.8, 4) is 0 Å². The first-order valence-corrected chi connectivity index (χ1v) is 5.55. The van der Waals surface area contributed by atoms with Crippen LogP contribution in [0.4, 0.5) is 11.5 Å². The molecule has 0 aliphatic carbocycles. The van der Waals surface area contributed by atoms with Gasteiger partial charge in [-0.1, -0.05) is 30.3 Å². The highest BCUT2D eigenvalue weighted by atomic mass is 16.6. The van der Waals surface area contributed by atoms with Crippen LogP contribution in [0.25, 0.3) is 0 Å². The van der Waals surface area contributed by atoms with Gasteiger partial charge >= 0.3 is 5.69 Å². The fraction of sp³-hybridized carbons (Fsp3) is 0.250. The largest absolute Gasteiger partial charge is 0.360 e. The average Bonchev–Trinajstić information content (AvgIpc) is 2.62. The number of hydrogen-bond donors (Lipinski definition) is 1. The van der Waals surface area contributed by atoms with Gasteiger partial charge in [0.2, 0.25) is 5.82 Å². The lowest BCUT2D eigenvalue weighted by Crippen LogP contribution is -2.06. The summed E-state index contributed by atoms with van der Waals surface area (Å²) in [7, 11) is 1.69. The lowest BCUT2D eigenvalue weighted by atomic mass is 10.2. The Morgan fingerprint density at radius 3 is 2.67 bits per heavy atom. The minimum Gasteiger partial charge on any atom is -0.360 e. The van der Waals surface area contributed by atoms with Gasteiger partial charge in [-0.2, -0.15) is 5.10 Å². The molecule has 2 rings (SSSR count). The van der Waals surface area contributed by atoms with Gasteiger partial charge in [0, 0.05) is 13.6 Å². The standard InChI is InChI=1S/C12H14N4O2/c1-9-11(16(17)18)12(15(2)14-9)13-8-10-6-4-3-5-7-10/h3-7,13H,8H2,1-2H3. The Morgan fingerprint density at radius 1 is 1.39 bits per heavy atom. The third-order valence-corrected chi connectivity index (χ3v) is 2.68. The van der Waals surface area contributed by atoms with E-state index >= 15 is 0 Å². The third kappa shape index (κ3) is 2.32. The minimum absolute atomic E-state index is 0.0356. The molecular formula is C12H14N4O2. The van der Waals surface area contributed by atoms with E-state index in [9.17, 15) is 10.1 Å². The van der Waals surface area contributed by atoms with Gasteiger partial charge in [0.1, 0.15) is 5.69 Å². The number of nitrogens with zero attached hydrogens (tertiary/aromatic N) is 3. The molecule has 1 heterocycles. The van der Waals surface area contributed by atoms with Gasteiger partial charge in [-0.15, -0.1) is 0 Å². The SMILES string of the molecule is Cc1nn(C)c(NCc2ccccc2)c1[N+](=O)[O-]. The molecule has 0 saturated carbocycles. The Labute approximate surface area is 104 Å². The fourth-order valence-electron chi connectivity index (χ4n) is 1.85. The van der Waals surface area contributed by atoms with Crippen LogP contribution in [0.5, 0.6) is 0 Å². The zero-order valence-electron chi connectivity index (χ0n) is 10.3. The molecular weight excluding hydrogens is 232 g/mol.